The van der Waals surface area contributed by atoms with Crippen molar-refractivity contribution < 1.29 is 9.94 Å². The molecule has 5 nitrogen and oxygen atoms in total. The van der Waals surface area contributed by atoms with Gasteiger partial charge in [0, 0.05) is 25.7 Å². The number of piperidine rings is 1. The monoisotopic (exact) mass is 241 g/mol. The van der Waals surface area contributed by atoms with Crippen LogP contribution in [0.2, 0.25) is 0 Å². The van der Waals surface area contributed by atoms with Crippen LogP contribution >= 0.6 is 0 Å². The van der Waals surface area contributed by atoms with Gasteiger partial charge in [0.1, 0.15) is 5.84 Å². The summed E-state index contributed by atoms with van der Waals surface area (Å²) in [6.45, 7) is 5.17. The highest BCUT2D eigenvalue weighted by Crippen LogP contribution is 2.21. The minimum Gasteiger partial charge on any atom is -0.409 e. The molecule has 0 radical (unpaired) electrons. The summed E-state index contributed by atoms with van der Waals surface area (Å²) >= 11 is 0. The fourth-order valence-electron chi connectivity index (χ4n) is 2.79. The van der Waals surface area contributed by atoms with Crippen molar-refractivity contribution in [2.24, 2.45) is 22.7 Å². The van der Waals surface area contributed by atoms with Gasteiger partial charge in [-0.1, -0.05) is 5.16 Å². The number of nitrogens with zero attached hydrogens (tertiary/aromatic N) is 2. The third-order valence-corrected chi connectivity index (χ3v) is 3.98. The zero-order valence-electron chi connectivity index (χ0n) is 10.3. The summed E-state index contributed by atoms with van der Waals surface area (Å²) in [5, 5.41) is 11.8. The molecule has 0 saturated carbocycles. The van der Waals surface area contributed by atoms with Crippen LogP contribution in [0, 0.1) is 11.8 Å². The molecule has 2 fully saturated rings. The number of hydrogen-bond acceptors (Lipinski definition) is 4. The van der Waals surface area contributed by atoms with E-state index in [0.29, 0.717) is 5.84 Å². The third-order valence-electron chi connectivity index (χ3n) is 3.98. The first-order chi connectivity index (χ1) is 8.29. The van der Waals surface area contributed by atoms with Crippen LogP contribution < -0.4 is 5.73 Å². The second-order valence-corrected chi connectivity index (χ2v) is 5.16. The lowest BCUT2D eigenvalue weighted by molar-refractivity contribution is 0.0484. The molecule has 0 unspecified atom stereocenters. The molecule has 17 heavy (non-hydrogen) atoms. The molecule has 2 aliphatic rings. The van der Waals surface area contributed by atoms with Gasteiger partial charge in [0.15, 0.2) is 0 Å². The Morgan fingerprint density at radius 1 is 1.24 bits per heavy atom. The van der Waals surface area contributed by atoms with Crippen LogP contribution in [0.25, 0.3) is 0 Å². The molecule has 0 aromatic rings. The van der Waals surface area contributed by atoms with E-state index in [4.69, 9.17) is 15.7 Å². The van der Waals surface area contributed by atoms with Gasteiger partial charge in [0.25, 0.3) is 0 Å². The summed E-state index contributed by atoms with van der Waals surface area (Å²) in [4.78, 5) is 2.51. The fourth-order valence-corrected chi connectivity index (χ4v) is 2.79. The fraction of sp³-hybridized carbons (Fsp3) is 0.917. The Balaban J connectivity index is 1.71. The van der Waals surface area contributed by atoms with Crippen molar-refractivity contribution in [1.82, 2.24) is 4.90 Å². The Morgan fingerprint density at radius 2 is 1.88 bits per heavy atom. The molecule has 2 aliphatic heterocycles. The van der Waals surface area contributed by atoms with E-state index in [2.05, 4.69) is 10.1 Å². The van der Waals surface area contributed by atoms with Crippen molar-refractivity contribution in [3.8, 4) is 0 Å². The van der Waals surface area contributed by atoms with Gasteiger partial charge in [-0.05, 0) is 44.7 Å². The first kappa shape index (κ1) is 12.6. The summed E-state index contributed by atoms with van der Waals surface area (Å²) in [5.41, 5.74) is 5.64. The molecule has 5 heteroatoms. The maximum absolute atomic E-state index is 8.65. The van der Waals surface area contributed by atoms with E-state index in [1.807, 2.05) is 0 Å². The van der Waals surface area contributed by atoms with E-state index < -0.39 is 0 Å². The Morgan fingerprint density at radius 3 is 2.47 bits per heavy atom. The van der Waals surface area contributed by atoms with E-state index in [9.17, 15) is 0 Å². The molecule has 0 aromatic carbocycles. The number of ether oxygens (including phenoxy) is 1. The van der Waals surface area contributed by atoms with Crippen LogP contribution in [-0.2, 0) is 4.74 Å². The molecule has 0 amide bonds. The number of rotatable bonds is 3. The highest BCUT2D eigenvalue weighted by atomic mass is 16.5. The van der Waals surface area contributed by atoms with Gasteiger partial charge in [-0.2, -0.15) is 0 Å². The van der Waals surface area contributed by atoms with Crippen molar-refractivity contribution in [2.45, 2.75) is 25.7 Å². The Kier molecular flexibility index (Phi) is 4.62. The van der Waals surface area contributed by atoms with Crippen LogP contribution in [0.5, 0.6) is 0 Å². The van der Waals surface area contributed by atoms with Gasteiger partial charge in [-0.3, -0.25) is 0 Å². The molecular weight excluding hydrogens is 218 g/mol. The minimum atomic E-state index is 0.269. The number of nitrogens with two attached hydrogens (primary N) is 1. The standard InChI is InChI=1S/C12H23N3O2/c13-12(14-16)11-1-5-15(6-2-11)9-10-3-7-17-8-4-10/h10-11,16H,1-9H2,(H2,13,14). The van der Waals surface area contributed by atoms with Crippen molar-refractivity contribution in [1.29, 1.82) is 0 Å². The normalized spacial score (nSPS) is 26.2. The highest BCUT2D eigenvalue weighted by molar-refractivity contribution is 5.82. The summed E-state index contributed by atoms with van der Waals surface area (Å²) < 4.78 is 5.37. The Labute approximate surface area is 103 Å². The third kappa shape index (κ3) is 3.57. The second-order valence-electron chi connectivity index (χ2n) is 5.16. The zero-order valence-corrected chi connectivity index (χ0v) is 10.3. The van der Waals surface area contributed by atoms with Gasteiger partial charge in [0.05, 0.1) is 0 Å². The molecule has 2 saturated heterocycles. The molecule has 0 bridgehead atoms. The quantitative estimate of drug-likeness (QED) is 0.333. The second kappa shape index (κ2) is 6.21. The number of amidine groups is 1. The van der Waals surface area contributed by atoms with E-state index in [0.717, 1.165) is 45.1 Å². The number of likely N-dealkylation sites (tertiary alicyclic amines) is 1. The summed E-state index contributed by atoms with van der Waals surface area (Å²) in [6, 6.07) is 0. The summed E-state index contributed by atoms with van der Waals surface area (Å²) in [7, 11) is 0. The van der Waals surface area contributed by atoms with Crippen molar-refractivity contribution >= 4 is 5.84 Å². The Hall–Kier alpha value is -0.810. The molecular formula is C12H23N3O2. The van der Waals surface area contributed by atoms with Gasteiger partial charge < -0.3 is 20.6 Å². The molecule has 0 aliphatic carbocycles. The van der Waals surface area contributed by atoms with Gasteiger partial charge in [-0.15, -0.1) is 0 Å². The highest BCUT2D eigenvalue weighted by Gasteiger charge is 2.24. The van der Waals surface area contributed by atoms with Crippen molar-refractivity contribution in [3.63, 3.8) is 0 Å². The van der Waals surface area contributed by atoms with E-state index in [1.165, 1.54) is 19.4 Å². The number of hydrogen-bond donors (Lipinski definition) is 2. The molecule has 0 spiro atoms. The van der Waals surface area contributed by atoms with Gasteiger partial charge >= 0.3 is 0 Å². The first-order valence-corrected chi connectivity index (χ1v) is 6.57. The van der Waals surface area contributed by atoms with Crippen LogP contribution in [-0.4, -0.2) is 48.8 Å². The smallest absolute Gasteiger partial charge is 0.142 e. The maximum atomic E-state index is 8.65. The topological polar surface area (TPSA) is 71.1 Å². The first-order valence-electron chi connectivity index (χ1n) is 6.57. The zero-order chi connectivity index (χ0) is 12.1. The van der Waals surface area contributed by atoms with E-state index in [1.54, 1.807) is 0 Å². The van der Waals surface area contributed by atoms with Crippen LogP contribution in [0.1, 0.15) is 25.7 Å². The predicted molar refractivity (Wildman–Crippen MR) is 66.1 cm³/mol. The average Bonchev–Trinajstić information content (AvgIpc) is 2.40. The summed E-state index contributed by atoms with van der Waals surface area (Å²) in [5.74, 6) is 1.46. The molecule has 98 valence electrons. The van der Waals surface area contributed by atoms with Crippen LogP contribution in [0.3, 0.4) is 0 Å². The largest absolute Gasteiger partial charge is 0.409 e. The van der Waals surface area contributed by atoms with Crippen molar-refractivity contribution in [2.75, 3.05) is 32.8 Å². The molecule has 2 rings (SSSR count). The van der Waals surface area contributed by atoms with Crippen molar-refractivity contribution in [3.05, 3.63) is 0 Å². The molecule has 0 aromatic heterocycles. The van der Waals surface area contributed by atoms with E-state index >= 15 is 0 Å². The average molecular weight is 241 g/mol. The van der Waals surface area contributed by atoms with Crippen LogP contribution in [0.4, 0.5) is 0 Å². The lowest BCUT2D eigenvalue weighted by Crippen LogP contribution is -2.41. The molecule has 3 N–H and O–H groups in total. The lowest BCUT2D eigenvalue weighted by Gasteiger charge is -2.34. The predicted octanol–water partition coefficient (Wildman–Crippen LogP) is 0.871. The SMILES string of the molecule is NC(=NO)C1CCN(CC2CCOCC2)CC1. The number of oxime groups is 1. The molecule has 2 heterocycles. The Bertz CT molecular complexity index is 256. The lowest BCUT2D eigenvalue weighted by atomic mass is 9.93. The molecule has 0 atom stereocenters. The van der Waals surface area contributed by atoms with E-state index in [-0.39, 0.29) is 5.92 Å². The van der Waals surface area contributed by atoms with Gasteiger partial charge in [-0.25, -0.2) is 0 Å². The maximum Gasteiger partial charge on any atom is 0.142 e. The van der Waals surface area contributed by atoms with Gasteiger partial charge in [0.2, 0.25) is 0 Å². The summed E-state index contributed by atoms with van der Waals surface area (Å²) in [6.07, 6.45) is 4.42. The minimum absolute atomic E-state index is 0.269. The van der Waals surface area contributed by atoms with Crippen LogP contribution in [0.15, 0.2) is 5.16 Å².